The van der Waals surface area contributed by atoms with Crippen LogP contribution in [0.4, 0.5) is 5.69 Å². The van der Waals surface area contributed by atoms with Gasteiger partial charge in [-0.25, -0.2) is 4.99 Å². The second kappa shape index (κ2) is 10.7. The fourth-order valence-electron chi connectivity index (χ4n) is 3.94. The summed E-state index contributed by atoms with van der Waals surface area (Å²) in [5.74, 6) is 1.52. The van der Waals surface area contributed by atoms with Gasteiger partial charge in [0.15, 0.2) is 5.17 Å². The molecule has 0 saturated carbocycles. The molecule has 0 spiro atoms. The van der Waals surface area contributed by atoms with Crippen molar-refractivity contribution in [2.45, 2.75) is 13.5 Å². The average Bonchev–Trinajstić information content (AvgIpc) is 3.21. The topological polar surface area (TPSA) is 51.1 Å². The van der Waals surface area contributed by atoms with Crippen molar-refractivity contribution in [2.24, 2.45) is 4.99 Å². The molecule has 5 nitrogen and oxygen atoms in total. The van der Waals surface area contributed by atoms with E-state index < -0.39 is 0 Å². The number of rotatable bonds is 7. The minimum Gasteiger partial charge on any atom is -0.497 e. The van der Waals surface area contributed by atoms with Crippen molar-refractivity contribution in [3.63, 3.8) is 0 Å². The first-order valence-electron chi connectivity index (χ1n) is 11.8. The zero-order valence-electron chi connectivity index (χ0n) is 20.2. The maximum Gasteiger partial charge on any atom is 0.266 e. The molecular formula is C30H26N2O3S. The molecule has 0 N–H and O–H groups in total. The van der Waals surface area contributed by atoms with Crippen molar-refractivity contribution < 1.29 is 14.3 Å². The molecule has 1 heterocycles. The number of carbonyl (C=O) groups excluding carboxylic acids is 1. The second-order valence-electron chi connectivity index (χ2n) is 8.29. The number of carbonyl (C=O) groups is 1. The van der Waals surface area contributed by atoms with Gasteiger partial charge in [-0.05, 0) is 89.1 Å². The smallest absolute Gasteiger partial charge is 0.266 e. The molecule has 0 atom stereocenters. The summed E-state index contributed by atoms with van der Waals surface area (Å²) >= 11 is 1.39. The Hall–Kier alpha value is -4.03. The van der Waals surface area contributed by atoms with Crippen molar-refractivity contribution in [2.75, 3.05) is 13.7 Å². The molecule has 1 saturated heterocycles. The number of benzene rings is 4. The normalized spacial score (nSPS) is 15.7. The summed E-state index contributed by atoms with van der Waals surface area (Å²) in [4.78, 5) is 20.0. The van der Waals surface area contributed by atoms with Gasteiger partial charge in [0.2, 0.25) is 0 Å². The predicted molar refractivity (Wildman–Crippen MR) is 148 cm³/mol. The van der Waals surface area contributed by atoms with E-state index in [1.165, 1.54) is 22.5 Å². The van der Waals surface area contributed by atoms with Gasteiger partial charge >= 0.3 is 0 Å². The number of ether oxygens (including phenoxy) is 2. The first-order valence-corrected chi connectivity index (χ1v) is 12.6. The molecule has 1 aliphatic rings. The van der Waals surface area contributed by atoms with Crippen LogP contribution in [0.2, 0.25) is 0 Å². The third-order valence-electron chi connectivity index (χ3n) is 5.90. The third kappa shape index (κ3) is 5.29. The summed E-state index contributed by atoms with van der Waals surface area (Å²) in [7, 11) is 1.63. The first-order chi connectivity index (χ1) is 17.6. The van der Waals surface area contributed by atoms with Crippen molar-refractivity contribution in [1.29, 1.82) is 0 Å². The minimum atomic E-state index is -0.0357. The molecule has 180 valence electrons. The molecule has 0 aromatic heterocycles. The van der Waals surface area contributed by atoms with E-state index in [0.29, 0.717) is 23.2 Å². The lowest BCUT2D eigenvalue weighted by Crippen LogP contribution is -2.28. The Bertz CT molecular complexity index is 1440. The van der Waals surface area contributed by atoms with Crippen molar-refractivity contribution >= 4 is 45.4 Å². The number of thioether (sulfide) groups is 1. The number of amidine groups is 1. The van der Waals surface area contributed by atoms with E-state index in [4.69, 9.17) is 9.47 Å². The lowest BCUT2D eigenvalue weighted by molar-refractivity contribution is -0.122. The van der Waals surface area contributed by atoms with E-state index in [1.54, 1.807) is 12.0 Å². The SMILES string of the molecule is CCN1C(=O)/C(=C\c2ccc(OCc3ccc4ccccc4c3)cc2)SC1=Nc1ccc(OC)cc1. The molecule has 0 bridgehead atoms. The van der Waals surface area contributed by atoms with Crippen molar-refractivity contribution in [3.8, 4) is 11.5 Å². The van der Waals surface area contributed by atoms with Crippen LogP contribution in [0.5, 0.6) is 11.5 Å². The molecule has 4 aromatic rings. The van der Waals surface area contributed by atoms with Crippen LogP contribution in [-0.2, 0) is 11.4 Å². The predicted octanol–water partition coefficient (Wildman–Crippen LogP) is 7.05. The maximum atomic E-state index is 13.0. The number of amides is 1. The lowest BCUT2D eigenvalue weighted by Gasteiger charge is -2.12. The van der Waals surface area contributed by atoms with Crippen LogP contribution in [-0.4, -0.2) is 29.6 Å². The highest BCUT2D eigenvalue weighted by molar-refractivity contribution is 8.18. The highest BCUT2D eigenvalue weighted by Crippen LogP contribution is 2.34. The van der Waals surface area contributed by atoms with Crippen molar-refractivity contribution in [3.05, 3.63) is 107 Å². The van der Waals surface area contributed by atoms with Gasteiger partial charge in [0.25, 0.3) is 5.91 Å². The van der Waals surface area contributed by atoms with E-state index in [1.807, 2.05) is 73.7 Å². The Balaban J connectivity index is 1.27. The number of hydrogen-bond donors (Lipinski definition) is 0. The summed E-state index contributed by atoms with van der Waals surface area (Å²) in [6, 6.07) is 29.9. The van der Waals surface area contributed by atoms with Gasteiger partial charge in [0.1, 0.15) is 18.1 Å². The fraction of sp³-hybridized carbons (Fsp3) is 0.133. The number of likely N-dealkylation sites (N-methyl/N-ethyl adjacent to an activating group) is 1. The van der Waals surface area contributed by atoms with Gasteiger partial charge in [0.05, 0.1) is 17.7 Å². The molecule has 6 heteroatoms. The summed E-state index contributed by atoms with van der Waals surface area (Å²) in [6.07, 6.45) is 1.90. The fourth-order valence-corrected chi connectivity index (χ4v) is 5.01. The van der Waals surface area contributed by atoms with Crippen LogP contribution >= 0.6 is 11.8 Å². The molecule has 4 aromatic carbocycles. The van der Waals surface area contributed by atoms with E-state index in [2.05, 4.69) is 35.3 Å². The largest absolute Gasteiger partial charge is 0.497 e. The maximum absolute atomic E-state index is 13.0. The van der Waals surface area contributed by atoms with Gasteiger partial charge < -0.3 is 9.47 Å². The first kappa shape index (κ1) is 23.7. The Morgan fingerprint density at radius 3 is 2.33 bits per heavy atom. The Kier molecular flexibility index (Phi) is 7.05. The van der Waals surface area contributed by atoms with Crippen LogP contribution in [0.1, 0.15) is 18.1 Å². The molecule has 0 aliphatic carbocycles. The molecule has 1 amide bonds. The molecule has 1 fully saturated rings. The summed E-state index contributed by atoms with van der Waals surface area (Å²) in [6.45, 7) is 3.00. The van der Waals surface area contributed by atoms with Crippen molar-refractivity contribution in [1.82, 2.24) is 4.90 Å². The summed E-state index contributed by atoms with van der Waals surface area (Å²) in [5, 5.41) is 3.10. The highest BCUT2D eigenvalue weighted by atomic mass is 32.2. The zero-order valence-corrected chi connectivity index (χ0v) is 21.0. The van der Waals surface area contributed by atoms with Gasteiger partial charge in [-0.15, -0.1) is 0 Å². The second-order valence-corrected chi connectivity index (χ2v) is 9.30. The molecular weight excluding hydrogens is 468 g/mol. The monoisotopic (exact) mass is 494 g/mol. The number of hydrogen-bond acceptors (Lipinski definition) is 5. The van der Waals surface area contributed by atoms with Crippen LogP contribution in [0.3, 0.4) is 0 Å². The van der Waals surface area contributed by atoms with Gasteiger partial charge in [-0.2, -0.15) is 0 Å². The molecule has 1 aliphatic heterocycles. The number of nitrogens with zero attached hydrogens (tertiary/aromatic N) is 2. The zero-order chi connectivity index (χ0) is 24.9. The van der Waals surface area contributed by atoms with Crippen LogP contribution in [0.15, 0.2) is 101 Å². The third-order valence-corrected chi connectivity index (χ3v) is 6.91. The van der Waals surface area contributed by atoms with Gasteiger partial charge in [-0.1, -0.05) is 48.5 Å². The lowest BCUT2D eigenvalue weighted by atomic mass is 10.1. The van der Waals surface area contributed by atoms with E-state index in [0.717, 1.165) is 28.3 Å². The quantitative estimate of drug-likeness (QED) is 0.258. The van der Waals surface area contributed by atoms with Crippen LogP contribution in [0, 0.1) is 0 Å². The Morgan fingerprint density at radius 1 is 0.889 bits per heavy atom. The van der Waals surface area contributed by atoms with Gasteiger partial charge in [0, 0.05) is 6.54 Å². The van der Waals surface area contributed by atoms with Crippen LogP contribution in [0.25, 0.3) is 16.8 Å². The molecule has 0 radical (unpaired) electrons. The molecule has 5 rings (SSSR count). The number of aliphatic imine (C=N–C) groups is 1. The summed E-state index contributed by atoms with van der Waals surface area (Å²) in [5.41, 5.74) is 2.83. The number of fused-ring (bicyclic) bond motifs is 1. The van der Waals surface area contributed by atoms with Gasteiger partial charge in [-0.3, -0.25) is 9.69 Å². The Morgan fingerprint density at radius 2 is 1.61 bits per heavy atom. The Labute approximate surface area is 215 Å². The standard InChI is InChI=1S/C30H26N2O3S/c1-3-32-29(33)28(36-30(32)31-25-12-16-26(34-2)17-13-25)19-21-9-14-27(15-10-21)35-20-22-8-11-23-6-4-5-7-24(23)18-22/h4-19H,3,20H2,1-2H3/b28-19+,31-30?. The average molecular weight is 495 g/mol. The van der Waals surface area contributed by atoms with E-state index >= 15 is 0 Å². The number of methoxy groups -OCH3 is 1. The van der Waals surface area contributed by atoms with Crippen LogP contribution < -0.4 is 9.47 Å². The van der Waals surface area contributed by atoms with E-state index in [-0.39, 0.29) is 5.91 Å². The minimum absolute atomic E-state index is 0.0357. The molecule has 0 unspecified atom stereocenters. The highest BCUT2D eigenvalue weighted by Gasteiger charge is 2.32. The van der Waals surface area contributed by atoms with E-state index in [9.17, 15) is 4.79 Å². The molecule has 36 heavy (non-hydrogen) atoms. The summed E-state index contributed by atoms with van der Waals surface area (Å²) < 4.78 is 11.2.